The van der Waals surface area contributed by atoms with Crippen LogP contribution in [0.15, 0.2) is 30.3 Å². The van der Waals surface area contributed by atoms with Gasteiger partial charge in [-0.15, -0.1) is 0 Å². The van der Waals surface area contributed by atoms with Crippen LogP contribution in [-0.2, 0) is 16.1 Å². The minimum absolute atomic E-state index is 0.0209. The summed E-state index contributed by atoms with van der Waals surface area (Å²) in [4.78, 5) is 14.3. The molecule has 2 aliphatic rings. The van der Waals surface area contributed by atoms with Crippen LogP contribution in [0.5, 0.6) is 0 Å². The van der Waals surface area contributed by atoms with E-state index in [4.69, 9.17) is 4.74 Å². The van der Waals surface area contributed by atoms with Gasteiger partial charge >= 0.3 is 5.97 Å². The van der Waals surface area contributed by atoms with Crippen LogP contribution in [0.3, 0.4) is 0 Å². The SMILES string of the molecule is COC(=O)[C@@H]1CN(Cc2ccccc2)C[C@H]1C1CC1. The number of carbonyl (C=O) groups excluding carboxylic acids is 1. The van der Waals surface area contributed by atoms with Crippen molar-refractivity contribution in [1.82, 2.24) is 4.90 Å². The van der Waals surface area contributed by atoms with Crippen molar-refractivity contribution in [3.8, 4) is 0 Å². The second kappa shape index (κ2) is 5.33. The standard InChI is InChI=1S/C16H21NO2/c1-19-16(18)15-11-17(10-14(15)13-7-8-13)9-12-5-3-2-4-6-12/h2-6,13-15H,7-11H2,1H3/t14-,15+/m0/s1. The lowest BCUT2D eigenvalue weighted by atomic mass is 9.92. The van der Waals surface area contributed by atoms with Gasteiger partial charge < -0.3 is 4.74 Å². The van der Waals surface area contributed by atoms with Gasteiger partial charge in [0.15, 0.2) is 0 Å². The van der Waals surface area contributed by atoms with Crippen LogP contribution in [0.1, 0.15) is 18.4 Å². The van der Waals surface area contributed by atoms with E-state index < -0.39 is 0 Å². The number of esters is 1. The number of nitrogens with zero attached hydrogens (tertiary/aromatic N) is 1. The lowest BCUT2D eigenvalue weighted by molar-refractivity contribution is -0.146. The largest absolute Gasteiger partial charge is 0.469 e. The Morgan fingerprint density at radius 2 is 2.00 bits per heavy atom. The molecular formula is C16H21NO2. The topological polar surface area (TPSA) is 29.5 Å². The molecular weight excluding hydrogens is 238 g/mol. The molecule has 3 nitrogen and oxygen atoms in total. The van der Waals surface area contributed by atoms with Crippen molar-refractivity contribution in [2.24, 2.45) is 17.8 Å². The monoisotopic (exact) mass is 259 g/mol. The van der Waals surface area contributed by atoms with Gasteiger partial charge in [0, 0.05) is 19.6 Å². The summed E-state index contributed by atoms with van der Waals surface area (Å²) in [5, 5.41) is 0. The zero-order chi connectivity index (χ0) is 13.2. The molecule has 0 unspecified atom stereocenters. The van der Waals surface area contributed by atoms with E-state index >= 15 is 0 Å². The van der Waals surface area contributed by atoms with Gasteiger partial charge in [0.1, 0.15) is 0 Å². The van der Waals surface area contributed by atoms with Gasteiger partial charge in [-0.1, -0.05) is 30.3 Å². The molecule has 0 aromatic heterocycles. The van der Waals surface area contributed by atoms with E-state index in [-0.39, 0.29) is 11.9 Å². The molecule has 1 saturated carbocycles. The summed E-state index contributed by atoms with van der Waals surface area (Å²) in [6, 6.07) is 10.5. The first-order valence-corrected chi connectivity index (χ1v) is 7.12. The second-order valence-corrected chi connectivity index (χ2v) is 5.81. The molecule has 0 amide bonds. The molecule has 0 bridgehead atoms. The Balaban J connectivity index is 1.66. The zero-order valence-corrected chi connectivity index (χ0v) is 11.4. The van der Waals surface area contributed by atoms with Crippen LogP contribution in [0, 0.1) is 17.8 Å². The average Bonchev–Trinajstić information content (AvgIpc) is 3.21. The number of ether oxygens (including phenoxy) is 1. The van der Waals surface area contributed by atoms with Crippen LogP contribution in [-0.4, -0.2) is 31.1 Å². The summed E-state index contributed by atoms with van der Waals surface area (Å²) in [7, 11) is 1.51. The van der Waals surface area contributed by atoms with Crippen LogP contribution >= 0.6 is 0 Å². The van der Waals surface area contributed by atoms with Gasteiger partial charge in [0.05, 0.1) is 13.0 Å². The summed E-state index contributed by atoms with van der Waals surface area (Å²) >= 11 is 0. The number of hydrogen-bond donors (Lipinski definition) is 0. The molecule has 0 spiro atoms. The predicted octanol–water partition coefficient (Wildman–Crippen LogP) is 2.32. The fourth-order valence-electron chi connectivity index (χ4n) is 3.29. The van der Waals surface area contributed by atoms with Gasteiger partial charge in [-0.25, -0.2) is 0 Å². The molecule has 3 heteroatoms. The van der Waals surface area contributed by atoms with Crippen molar-refractivity contribution < 1.29 is 9.53 Å². The molecule has 1 heterocycles. The van der Waals surface area contributed by atoms with Gasteiger partial charge in [-0.3, -0.25) is 9.69 Å². The first-order chi connectivity index (χ1) is 9.28. The van der Waals surface area contributed by atoms with Crippen LogP contribution in [0.2, 0.25) is 0 Å². The van der Waals surface area contributed by atoms with E-state index in [1.165, 1.54) is 25.5 Å². The van der Waals surface area contributed by atoms with Crippen molar-refractivity contribution >= 4 is 5.97 Å². The second-order valence-electron chi connectivity index (χ2n) is 5.81. The Morgan fingerprint density at radius 1 is 1.26 bits per heavy atom. The van der Waals surface area contributed by atoms with E-state index in [1.807, 2.05) is 6.07 Å². The lowest BCUT2D eigenvalue weighted by Crippen LogP contribution is -2.25. The fourth-order valence-corrected chi connectivity index (χ4v) is 3.29. The molecule has 1 aromatic carbocycles. The molecule has 3 rings (SSSR count). The third kappa shape index (κ3) is 2.81. The Bertz CT molecular complexity index is 441. The summed E-state index contributed by atoms with van der Waals surface area (Å²) in [5.74, 6) is 1.33. The highest BCUT2D eigenvalue weighted by molar-refractivity contribution is 5.73. The van der Waals surface area contributed by atoms with Crippen molar-refractivity contribution in [3.63, 3.8) is 0 Å². The quantitative estimate of drug-likeness (QED) is 0.777. The highest BCUT2D eigenvalue weighted by Crippen LogP contribution is 2.44. The van der Waals surface area contributed by atoms with E-state index in [1.54, 1.807) is 0 Å². The Morgan fingerprint density at radius 3 is 2.63 bits per heavy atom. The number of likely N-dealkylation sites (tertiary alicyclic amines) is 1. The van der Waals surface area contributed by atoms with Gasteiger partial charge in [-0.2, -0.15) is 0 Å². The minimum Gasteiger partial charge on any atom is -0.469 e. The highest BCUT2D eigenvalue weighted by Gasteiger charge is 2.45. The van der Waals surface area contributed by atoms with E-state index in [0.717, 1.165) is 25.6 Å². The molecule has 2 atom stereocenters. The van der Waals surface area contributed by atoms with Crippen molar-refractivity contribution in [2.75, 3.05) is 20.2 Å². The predicted molar refractivity (Wildman–Crippen MR) is 73.4 cm³/mol. The molecule has 1 aliphatic heterocycles. The molecule has 0 radical (unpaired) electrons. The maximum absolute atomic E-state index is 11.9. The number of carbonyl (C=O) groups is 1. The molecule has 0 N–H and O–H groups in total. The van der Waals surface area contributed by atoms with Gasteiger partial charge in [0.2, 0.25) is 0 Å². The van der Waals surface area contributed by atoms with Crippen LogP contribution in [0.25, 0.3) is 0 Å². The normalized spacial score (nSPS) is 27.4. The lowest BCUT2D eigenvalue weighted by Gasteiger charge is -2.15. The highest BCUT2D eigenvalue weighted by atomic mass is 16.5. The molecule has 102 valence electrons. The molecule has 1 aromatic rings. The first kappa shape index (κ1) is 12.7. The Kier molecular flexibility index (Phi) is 3.56. The van der Waals surface area contributed by atoms with E-state index in [9.17, 15) is 4.79 Å². The molecule has 2 fully saturated rings. The maximum atomic E-state index is 11.9. The summed E-state index contributed by atoms with van der Waals surface area (Å²) in [6.45, 7) is 2.83. The smallest absolute Gasteiger partial charge is 0.310 e. The minimum atomic E-state index is -0.0209. The third-order valence-electron chi connectivity index (χ3n) is 4.42. The first-order valence-electron chi connectivity index (χ1n) is 7.12. The number of hydrogen-bond acceptors (Lipinski definition) is 3. The molecule has 1 aliphatic carbocycles. The summed E-state index contributed by atoms with van der Waals surface area (Å²) < 4.78 is 4.98. The average molecular weight is 259 g/mol. The summed E-state index contributed by atoms with van der Waals surface area (Å²) in [5.41, 5.74) is 1.32. The van der Waals surface area contributed by atoms with Gasteiger partial charge in [0.25, 0.3) is 0 Å². The summed E-state index contributed by atoms with van der Waals surface area (Å²) in [6.07, 6.45) is 2.58. The Hall–Kier alpha value is -1.35. The van der Waals surface area contributed by atoms with Crippen molar-refractivity contribution in [3.05, 3.63) is 35.9 Å². The molecule has 1 saturated heterocycles. The van der Waals surface area contributed by atoms with Crippen molar-refractivity contribution in [1.29, 1.82) is 0 Å². The third-order valence-corrected chi connectivity index (χ3v) is 4.42. The molecule has 19 heavy (non-hydrogen) atoms. The number of rotatable bonds is 4. The van der Waals surface area contributed by atoms with Crippen LogP contribution < -0.4 is 0 Å². The van der Waals surface area contributed by atoms with E-state index in [2.05, 4.69) is 29.2 Å². The Labute approximate surface area is 114 Å². The zero-order valence-electron chi connectivity index (χ0n) is 11.4. The van der Waals surface area contributed by atoms with Gasteiger partial charge in [-0.05, 0) is 30.2 Å². The van der Waals surface area contributed by atoms with E-state index in [0.29, 0.717) is 5.92 Å². The number of benzene rings is 1. The van der Waals surface area contributed by atoms with Crippen molar-refractivity contribution in [2.45, 2.75) is 19.4 Å². The number of methoxy groups -OCH3 is 1. The maximum Gasteiger partial charge on any atom is 0.310 e. The fraction of sp³-hybridized carbons (Fsp3) is 0.562. The van der Waals surface area contributed by atoms with Crippen LogP contribution in [0.4, 0.5) is 0 Å².